The van der Waals surface area contributed by atoms with E-state index in [4.69, 9.17) is 0 Å². The number of aromatic nitrogens is 4. The molecule has 9 nitrogen and oxygen atoms in total. The average molecular weight is 472 g/mol. The fourth-order valence-corrected chi connectivity index (χ4v) is 3.02. The van der Waals surface area contributed by atoms with Crippen molar-refractivity contribution < 1.29 is 18.0 Å². The van der Waals surface area contributed by atoms with Gasteiger partial charge in [0.25, 0.3) is 5.91 Å². The third-order valence-corrected chi connectivity index (χ3v) is 4.89. The number of amides is 1. The first kappa shape index (κ1) is 24.6. The van der Waals surface area contributed by atoms with Gasteiger partial charge >= 0.3 is 6.18 Å². The second-order valence-corrected chi connectivity index (χ2v) is 7.13. The molecule has 3 rings (SSSR count). The zero-order valence-corrected chi connectivity index (χ0v) is 18.7. The molecule has 1 amide bonds. The highest BCUT2D eigenvalue weighted by Gasteiger charge is 2.31. The number of rotatable bonds is 6. The Hall–Kier alpha value is -4.09. The molecule has 0 fully saturated rings. The number of guanidine groups is 1. The van der Waals surface area contributed by atoms with Crippen LogP contribution in [-0.2, 0) is 12.7 Å². The van der Waals surface area contributed by atoms with Crippen LogP contribution in [0.2, 0.25) is 0 Å². The maximum Gasteiger partial charge on any atom is 0.417 e. The number of carbonyl (C=O) groups excluding carboxylic acids is 1. The molecule has 0 saturated heterocycles. The van der Waals surface area contributed by atoms with Gasteiger partial charge in [-0.15, -0.1) is 0 Å². The van der Waals surface area contributed by atoms with Crippen LogP contribution < -0.4 is 10.6 Å². The summed E-state index contributed by atoms with van der Waals surface area (Å²) in [6, 6.07) is 6.45. The average Bonchev–Trinajstić information content (AvgIpc) is 2.85. The molecular weight excluding hydrogens is 449 g/mol. The number of aliphatic imine (C=N–C) groups is 1. The first-order valence-corrected chi connectivity index (χ1v) is 10.2. The van der Waals surface area contributed by atoms with Gasteiger partial charge in [0.2, 0.25) is 0 Å². The Morgan fingerprint density at radius 1 is 1.09 bits per heavy atom. The Morgan fingerprint density at radius 3 is 2.35 bits per heavy atom. The summed E-state index contributed by atoms with van der Waals surface area (Å²) in [4.78, 5) is 35.4. The van der Waals surface area contributed by atoms with Crippen molar-refractivity contribution >= 4 is 17.7 Å². The van der Waals surface area contributed by atoms with E-state index in [0.717, 1.165) is 12.3 Å². The van der Waals surface area contributed by atoms with E-state index in [1.54, 1.807) is 51.6 Å². The summed E-state index contributed by atoms with van der Waals surface area (Å²) < 4.78 is 38.7. The second-order valence-electron chi connectivity index (χ2n) is 7.13. The molecule has 0 aliphatic rings. The Bertz CT molecular complexity index is 1120. The predicted octanol–water partition coefficient (Wildman–Crippen LogP) is 3.31. The number of nitrogens with zero attached hydrogens (tertiary/aromatic N) is 6. The van der Waals surface area contributed by atoms with Crippen LogP contribution in [0.1, 0.15) is 40.4 Å². The van der Waals surface area contributed by atoms with Crippen molar-refractivity contribution in [1.82, 2.24) is 30.2 Å². The first-order valence-electron chi connectivity index (χ1n) is 10.2. The number of anilines is 1. The Balaban J connectivity index is 1.88. The minimum Gasteiger partial charge on any atom is -0.359 e. The number of carbonyl (C=O) groups is 1. The van der Waals surface area contributed by atoms with Crippen LogP contribution in [0.4, 0.5) is 19.0 Å². The molecule has 0 radical (unpaired) electrons. The van der Waals surface area contributed by atoms with E-state index in [-0.39, 0.29) is 17.8 Å². The lowest BCUT2D eigenvalue weighted by Gasteiger charge is -2.28. The van der Waals surface area contributed by atoms with Crippen LogP contribution in [0, 0.1) is 0 Å². The third kappa shape index (κ3) is 6.03. The van der Waals surface area contributed by atoms with Crippen LogP contribution in [-0.4, -0.2) is 50.8 Å². The number of hydrogen-bond acceptors (Lipinski definition) is 6. The monoisotopic (exact) mass is 472 g/mol. The van der Waals surface area contributed by atoms with E-state index in [1.807, 2.05) is 0 Å². The number of alkyl halides is 3. The van der Waals surface area contributed by atoms with E-state index in [2.05, 4.69) is 35.6 Å². The van der Waals surface area contributed by atoms with Crippen molar-refractivity contribution in [3.63, 3.8) is 0 Å². The topological polar surface area (TPSA) is 108 Å². The molecule has 0 aliphatic carbocycles. The van der Waals surface area contributed by atoms with Crippen molar-refractivity contribution in [3.05, 3.63) is 77.8 Å². The van der Waals surface area contributed by atoms with Crippen LogP contribution >= 0.6 is 0 Å². The quantitative estimate of drug-likeness (QED) is 0.419. The summed E-state index contributed by atoms with van der Waals surface area (Å²) in [6.45, 7) is 1.68. The molecule has 0 bridgehead atoms. The van der Waals surface area contributed by atoms with Crippen LogP contribution in [0.5, 0.6) is 0 Å². The van der Waals surface area contributed by atoms with Gasteiger partial charge in [0.1, 0.15) is 11.6 Å². The lowest BCUT2D eigenvalue weighted by Crippen LogP contribution is -2.34. The molecule has 0 aliphatic heterocycles. The van der Waals surface area contributed by atoms with E-state index in [9.17, 15) is 18.0 Å². The second kappa shape index (κ2) is 10.7. The first-order chi connectivity index (χ1) is 16.2. The standard InChI is InChI=1S/C22H23F3N8O/c1-14(19-28-9-4-10-29-19)33(13-17-7-6-16(12-30-17)22(23,24)25)20(34)15-5-8-18(31-11-15)32-21(26-2)27-3/h4-12,14H,13H2,1-3H3,(H2,26,27,31,32). The molecule has 0 saturated carbocycles. The van der Waals surface area contributed by atoms with Crippen molar-refractivity contribution in [1.29, 1.82) is 0 Å². The van der Waals surface area contributed by atoms with Gasteiger partial charge in [-0.25, -0.2) is 15.0 Å². The molecule has 1 unspecified atom stereocenters. The summed E-state index contributed by atoms with van der Waals surface area (Å²) in [6.07, 6.45) is 0.754. The van der Waals surface area contributed by atoms with Gasteiger partial charge in [0.15, 0.2) is 5.96 Å². The van der Waals surface area contributed by atoms with Gasteiger partial charge in [0.05, 0.1) is 29.4 Å². The zero-order valence-electron chi connectivity index (χ0n) is 18.7. The lowest BCUT2D eigenvalue weighted by molar-refractivity contribution is -0.137. The molecule has 178 valence electrons. The smallest absolute Gasteiger partial charge is 0.359 e. The van der Waals surface area contributed by atoms with Crippen molar-refractivity contribution in [2.45, 2.75) is 25.7 Å². The van der Waals surface area contributed by atoms with Gasteiger partial charge in [-0.05, 0) is 37.3 Å². The van der Waals surface area contributed by atoms with Gasteiger partial charge < -0.3 is 15.5 Å². The maximum atomic E-state index is 13.4. The number of nitrogens with one attached hydrogen (secondary N) is 2. The summed E-state index contributed by atoms with van der Waals surface area (Å²) >= 11 is 0. The Kier molecular flexibility index (Phi) is 7.71. The summed E-state index contributed by atoms with van der Waals surface area (Å²) in [7, 11) is 3.31. The largest absolute Gasteiger partial charge is 0.417 e. The molecular formula is C22H23F3N8O. The predicted molar refractivity (Wildman–Crippen MR) is 120 cm³/mol. The number of halogens is 3. The van der Waals surface area contributed by atoms with Crippen molar-refractivity contribution in [3.8, 4) is 0 Å². The molecule has 1 atom stereocenters. The molecule has 3 aromatic rings. The summed E-state index contributed by atoms with van der Waals surface area (Å²) in [5.41, 5.74) is -0.301. The van der Waals surface area contributed by atoms with Gasteiger partial charge in [-0.2, -0.15) is 13.2 Å². The van der Waals surface area contributed by atoms with Crippen LogP contribution in [0.25, 0.3) is 0 Å². The molecule has 3 heterocycles. The highest BCUT2D eigenvalue weighted by atomic mass is 19.4. The van der Waals surface area contributed by atoms with Crippen molar-refractivity contribution in [2.24, 2.45) is 4.99 Å². The molecule has 2 N–H and O–H groups in total. The van der Waals surface area contributed by atoms with Crippen LogP contribution in [0.15, 0.2) is 60.1 Å². The van der Waals surface area contributed by atoms with E-state index in [1.165, 1.54) is 17.2 Å². The minimum atomic E-state index is -4.50. The van der Waals surface area contributed by atoms with E-state index in [0.29, 0.717) is 17.6 Å². The highest BCUT2D eigenvalue weighted by Crippen LogP contribution is 2.29. The summed E-state index contributed by atoms with van der Waals surface area (Å²) in [5, 5.41) is 5.82. The van der Waals surface area contributed by atoms with Crippen LogP contribution in [0.3, 0.4) is 0 Å². The van der Waals surface area contributed by atoms with Gasteiger partial charge in [-0.3, -0.25) is 14.8 Å². The lowest BCUT2D eigenvalue weighted by atomic mass is 10.1. The molecule has 12 heteroatoms. The molecule has 0 aromatic carbocycles. The van der Waals surface area contributed by atoms with Crippen molar-refractivity contribution in [2.75, 3.05) is 19.4 Å². The highest BCUT2D eigenvalue weighted by molar-refractivity contribution is 5.95. The number of pyridine rings is 2. The maximum absolute atomic E-state index is 13.4. The molecule has 0 spiro atoms. The summed E-state index contributed by atoms with van der Waals surface area (Å²) in [5.74, 6) is 0.948. The zero-order chi connectivity index (χ0) is 24.7. The normalized spacial score (nSPS) is 12.7. The van der Waals surface area contributed by atoms with Gasteiger partial charge in [-0.1, -0.05) is 0 Å². The van der Waals surface area contributed by atoms with E-state index >= 15 is 0 Å². The molecule has 34 heavy (non-hydrogen) atoms. The molecule has 3 aromatic heterocycles. The van der Waals surface area contributed by atoms with E-state index < -0.39 is 23.7 Å². The fraction of sp³-hybridized carbons (Fsp3) is 0.273. The third-order valence-electron chi connectivity index (χ3n) is 4.89. The fourth-order valence-electron chi connectivity index (χ4n) is 3.02. The van der Waals surface area contributed by atoms with Gasteiger partial charge in [0, 0.05) is 38.9 Å². The SMILES string of the molecule is CN=C(NC)Nc1ccc(C(=O)N(Cc2ccc(C(F)(F)F)cn2)C(C)c2ncccn2)cn1. The Morgan fingerprint density at radius 2 is 1.82 bits per heavy atom. The minimum absolute atomic E-state index is 0.0528. The Labute approximate surface area is 194 Å². The number of hydrogen-bond donors (Lipinski definition) is 2.